The van der Waals surface area contributed by atoms with Crippen molar-refractivity contribution in [2.45, 2.75) is 32.2 Å². The smallest absolute Gasteiger partial charge is 0.300 e. The van der Waals surface area contributed by atoms with Crippen LogP contribution in [0.2, 0.25) is 0 Å². The highest BCUT2D eigenvalue weighted by Gasteiger charge is 2.26. The van der Waals surface area contributed by atoms with Gasteiger partial charge in [0.1, 0.15) is 0 Å². The average Bonchev–Trinajstić information content (AvgIpc) is 2.67. The number of sulfonamides is 1. The maximum absolute atomic E-state index is 13.2. The van der Waals surface area contributed by atoms with Crippen LogP contribution in [0.25, 0.3) is 0 Å². The van der Waals surface area contributed by atoms with Gasteiger partial charge in [-0.25, -0.2) is 17.3 Å². The van der Waals surface area contributed by atoms with Crippen LogP contribution in [0, 0.1) is 18.6 Å². The van der Waals surface area contributed by atoms with Crippen LogP contribution in [-0.2, 0) is 30.2 Å². The van der Waals surface area contributed by atoms with Crippen molar-refractivity contribution in [1.29, 1.82) is 0 Å². The summed E-state index contributed by atoms with van der Waals surface area (Å²) in [5.41, 5.74) is 4.06. The van der Waals surface area contributed by atoms with Gasteiger partial charge in [-0.15, -0.1) is 0 Å². The molecule has 0 bridgehead atoms. The number of halogens is 1. The van der Waals surface area contributed by atoms with Crippen molar-refractivity contribution in [3.8, 4) is 11.7 Å². The van der Waals surface area contributed by atoms with E-state index in [9.17, 15) is 13.0 Å². The first-order chi connectivity index (χ1) is 13.7. The van der Waals surface area contributed by atoms with E-state index in [0.717, 1.165) is 14.3 Å². The minimum Gasteiger partial charge on any atom is -0.300 e. The summed E-state index contributed by atoms with van der Waals surface area (Å²) in [5.74, 6) is 0. The molecular weight excluding hydrogens is 477 g/mol. The molecule has 0 saturated carbocycles. The van der Waals surface area contributed by atoms with E-state index in [0.29, 0.717) is 5.56 Å². The third kappa shape index (κ3) is 6.43. The number of benzene rings is 2. The zero-order chi connectivity index (χ0) is 21.5. The predicted octanol–water partition coefficient (Wildman–Crippen LogP) is 5.13. The third-order valence-electron chi connectivity index (χ3n) is 3.79. The van der Waals surface area contributed by atoms with E-state index in [-0.39, 0.29) is 24.7 Å². The molecule has 0 aliphatic carbocycles. The molecule has 0 radical (unpaired) electrons. The van der Waals surface area contributed by atoms with Crippen LogP contribution in [0.1, 0.15) is 25.0 Å². The lowest BCUT2D eigenvalue weighted by atomic mass is 10.2. The first-order valence-electron chi connectivity index (χ1n) is 8.96. The minimum absolute atomic E-state index is 0.0388. The molecule has 0 saturated heterocycles. The lowest BCUT2D eigenvalue weighted by Gasteiger charge is -2.19. The van der Waals surface area contributed by atoms with Gasteiger partial charge in [0.2, 0.25) is 0 Å². The van der Waals surface area contributed by atoms with Gasteiger partial charge >= 0.3 is 7.60 Å². The molecule has 0 N–H and O–H groups in total. The summed E-state index contributed by atoms with van der Waals surface area (Å²) in [6.45, 7) is 5.41. The fraction of sp³-hybridized carbons (Fsp3) is 0.300. The number of nitrogens with zero attached hydrogens (tertiary/aromatic N) is 1. The van der Waals surface area contributed by atoms with E-state index in [2.05, 4.69) is 27.6 Å². The lowest BCUT2D eigenvalue weighted by Crippen LogP contribution is -2.26. The Bertz CT molecular complexity index is 1030. The highest BCUT2D eigenvalue weighted by Crippen LogP contribution is 2.46. The van der Waals surface area contributed by atoms with Crippen LogP contribution in [0.3, 0.4) is 0 Å². The van der Waals surface area contributed by atoms with Crippen molar-refractivity contribution < 1.29 is 22.0 Å². The molecule has 2 aromatic rings. The highest BCUT2D eigenvalue weighted by atomic mass is 79.9. The van der Waals surface area contributed by atoms with Gasteiger partial charge in [0.15, 0.2) is 0 Å². The Morgan fingerprint density at radius 3 is 2.17 bits per heavy atom. The zero-order valence-corrected chi connectivity index (χ0v) is 19.8. The predicted molar refractivity (Wildman–Crippen MR) is 117 cm³/mol. The van der Waals surface area contributed by atoms with Gasteiger partial charge in [0.05, 0.1) is 24.7 Å². The normalized spacial score (nSPS) is 11.6. The van der Waals surface area contributed by atoms with Gasteiger partial charge in [-0.3, -0.25) is 9.05 Å². The average molecular weight is 500 g/mol. The molecule has 0 spiro atoms. The van der Waals surface area contributed by atoms with Crippen LogP contribution < -0.4 is 0 Å². The van der Waals surface area contributed by atoms with Gasteiger partial charge in [-0.2, -0.15) is 0 Å². The topological polar surface area (TPSA) is 72.9 Å². The zero-order valence-electron chi connectivity index (χ0n) is 16.5. The van der Waals surface area contributed by atoms with Crippen LogP contribution in [0.15, 0.2) is 57.9 Å². The minimum atomic E-state index is -3.98. The van der Waals surface area contributed by atoms with Gasteiger partial charge in [0, 0.05) is 16.2 Å². The quantitative estimate of drug-likeness (QED) is 0.286. The fourth-order valence-electron chi connectivity index (χ4n) is 2.36. The first kappa shape index (κ1) is 23.7. The van der Waals surface area contributed by atoms with Crippen molar-refractivity contribution in [2.24, 2.45) is 0 Å². The van der Waals surface area contributed by atoms with Crippen LogP contribution >= 0.6 is 23.5 Å². The van der Waals surface area contributed by atoms with Crippen molar-refractivity contribution in [2.75, 3.05) is 13.2 Å². The van der Waals surface area contributed by atoms with Crippen molar-refractivity contribution in [3.63, 3.8) is 0 Å². The monoisotopic (exact) mass is 499 g/mol. The maximum atomic E-state index is 13.2. The van der Waals surface area contributed by atoms with E-state index in [1.165, 1.54) is 12.1 Å². The van der Waals surface area contributed by atoms with Gasteiger partial charge in [-0.05, 0) is 44.5 Å². The first-order valence-corrected chi connectivity index (χ1v) is 12.7. The van der Waals surface area contributed by atoms with Gasteiger partial charge in [-0.1, -0.05) is 51.8 Å². The van der Waals surface area contributed by atoms with Crippen molar-refractivity contribution in [1.82, 2.24) is 4.31 Å². The number of rotatable bonds is 8. The summed E-state index contributed by atoms with van der Waals surface area (Å²) in [6.07, 6.45) is 0. The molecule has 6 nitrogen and oxygen atoms in total. The molecule has 0 fully saturated rings. The molecule has 0 aliphatic heterocycles. The van der Waals surface area contributed by atoms with Gasteiger partial charge in [0.25, 0.3) is 10.0 Å². The van der Waals surface area contributed by atoms with E-state index in [1.54, 1.807) is 38.1 Å². The van der Waals surface area contributed by atoms with Crippen LogP contribution in [-0.4, -0.2) is 25.9 Å². The molecule has 0 aromatic heterocycles. The van der Waals surface area contributed by atoms with E-state index in [4.69, 9.17) is 9.05 Å². The summed E-state index contributed by atoms with van der Waals surface area (Å²) in [7, 11) is -7.72. The van der Waals surface area contributed by atoms with Crippen LogP contribution in [0.4, 0.5) is 0 Å². The molecular formula is C20H23BrNO5PS. The van der Waals surface area contributed by atoms with Crippen LogP contribution in [0.5, 0.6) is 0 Å². The Labute approximate surface area is 180 Å². The molecule has 0 unspecified atom stereocenters. The molecule has 0 atom stereocenters. The Morgan fingerprint density at radius 1 is 1.03 bits per heavy atom. The summed E-state index contributed by atoms with van der Waals surface area (Å²) < 4.78 is 51.2. The SMILES string of the molecule is CCOP(=O)(C#CN(Cc1ccccc1Br)S(=O)(=O)c1ccc(C)cc1)OCC. The van der Waals surface area contributed by atoms with Gasteiger partial charge < -0.3 is 0 Å². The number of hydrogen-bond acceptors (Lipinski definition) is 5. The fourth-order valence-corrected chi connectivity index (χ4v) is 5.18. The Balaban J connectivity index is 2.52. The standard InChI is InChI=1S/C20H23BrNO5PS/c1-4-26-28(23,27-5-2)15-14-22(16-18-8-6-7-9-20(18)21)29(24,25)19-12-10-17(3)11-13-19/h6-13H,4-5,16H2,1-3H3. The molecule has 2 rings (SSSR count). The third-order valence-corrected chi connectivity index (χ3v) is 7.80. The molecule has 0 amide bonds. The molecule has 0 heterocycles. The molecule has 29 heavy (non-hydrogen) atoms. The maximum Gasteiger partial charge on any atom is 0.407 e. The van der Waals surface area contributed by atoms with E-state index in [1.807, 2.05) is 19.1 Å². The van der Waals surface area contributed by atoms with Crippen molar-refractivity contribution in [3.05, 3.63) is 64.1 Å². The van der Waals surface area contributed by atoms with E-state index >= 15 is 0 Å². The molecule has 156 valence electrons. The second-order valence-corrected chi connectivity index (χ2v) is 10.4. The second kappa shape index (κ2) is 10.4. The largest absolute Gasteiger partial charge is 0.407 e. The highest BCUT2D eigenvalue weighted by molar-refractivity contribution is 9.10. The molecule has 2 aromatic carbocycles. The summed E-state index contributed by atoms with van der Waals surface area (Å²) in [6, 6.07) is 16.2. The Morgan fingerprint density at radius 2 is 1.62 bits per heavy atom. The second-order valence-electron chi connectivity index (χ2n) is 5.97. The number of aryl methyl sites for hydroxylation is 1. The van der Waals surface area contributed by atoms with Crippen molar-refractivity contribution >= 4 is 33.5 Å². The van der Waals surface area contributed by atoms with E-state index < -0.39 is 17.6 Å². The summed E-state index contributed by atoms with van der Waals surface area (Å²) in [5, 5.41) is 0. The number of hydrogen-bond donors (Lipinski definition) is 0. The molecule has 9 heteroatoms. The summed E-state index contributed by atoms with van der Waals surface area (Å²) in [4.78, 5) is 0.0899. The molecule has 0 aliphatic rings. The Hall–Kier alpha value is -1.62. The Kier molecular flexibility index (Phi) is 8.50. The summed E-state index contributed by atoms with van der Waals surface area (Å²) >= 11 is 3.42. The lowest BCUT2D eigenvalue weighted by molar-refractivity contribution is 0.230.